The lowest BCUT2D eigenvalue weighted by Crippen LogP contribution is -2.45. The molecule has 0 aliphatic carbocycles. The van der Waals surface area contributed by atoms with E-state index in [0.29, 0.717) is 13.0 Å². The van der Waals surface area contributed by atoms with Crippen molar-refractivity contribution in [2.75, 3.05) is 13.6 Å². The van der Waals surface area contributed by atoms with Crippen LogP contribution >= 0.6 is 0 Å². The summed E-state index contributed by atoms with van der Waals surface area (Å²) in [6.07, 6.45) is 3.57. The van der Waals surface area contributed by atoms with Gasteiger partial charge >= 0.3 is 6.09 Å². The molecule has 0 saturated carbocycles. The van der Waals surface area contributed by atoms with E-state index in [1.165, 1.54) is 0 Å². The number of nitrogens with zero attached hydrogens (tertiary/aromatic N) is 2. The van der Waals surface area contributed by atoms with Crippen molar-refractivity contribution >= 4 is 12.0 Å². The first-order chi connectivity index (χ1) is 13.7. The Labute approximate surface area is 173 Å². The van der Waals surface area contributed by atoms with E-state index in [4.69, 9.17) is 4.74 Å². The zero-order valence-corrected chi connectivity index (χ0v) is 17.9. The van der Waals surface area contributed by atoms with Gasteiger partial charge in [0.15, 0.2) is 0 Å². The summed E-state index contributed by atoms with van der Waals surface area (Å²) in [5.41, 5.74) is 1.46. The highest BCUT2D eigenvalue weighted by Gasteiger charge is 2.26. The van der Waals surface area contributed by atoms with E-state index in [-0.39, 0.29) is 17.9 Å². The predicted octanol–water partition coefficient (Wildman–Crippen LogP) is 3.78. The van der Waals surface area contributed by atoms with Gasteiger partial charge in [-0.25, -0.2) is 4.79 Å². The Hall–Kier alpha value is -2.89. The van der Waals surface area contributed by atoms with Crippen molar-refractivity contribution in [1.29, 1.82) is 0 Å². The standard InChI is InChI=1S/C23H31N3O3/c1-17(25-22(28)29-23(2,3)4)16-26(5)21(27)20(19-9-7-6-8-10-19)15-18-11-13-24-14-12-18/h6-14,17,20H,15-16H2,1-5H3,(H,25,28). The minimum Gasteiger partial charge on any atom is -0.444 e. The lowest BCUT2D eigenvalue weighted by atomic mass is 9.91. The Morgan fingerprint density at radius 1 is 1.10 bits per heavy atom. The van der Waals surface area contributed by atoms with Crippen LogP contribution in [0.2, 0.25) is 0 Å². The number of likely N-dealkylation sites (N-methyl/N-ethyl adjacent to an activating group) is 1. The zero-order valence-electron chi connectivity index (χ0n) is 17.9. The van der Waals surface area contributed by atoms with E-state index in [0.717, 1.165) is 11.1 Å². The van der Waals surface area contributed by atoms with E-state index in [1.807, 2.05) is 70.2 Å². The normalized spacial score (nSPS) is 13.3. The summed E-state index contributed by atoms with van der Waals surface area (Å²) in [5.74, 6) is -0.303. The Morgan fingerprint density at radius 3 is 2.31 bits per heavy atom. The number of benzene rings is 1. The van der Waals surface area contributed by atoms with E-state index in [1.54, 1.807) is 24.3 Å². The van der Waals surface area contributed by atoms with Crippen LogP contribution in [-0.2, 0) is 16.0 Å². The molecule has 2 aromatic rings. The van der Waals surface area contributed by atoms with Gasteiger partial charge in [0.25, 0.3) is 0 Å². The Bertz CT molecular complexity index is 788. The Kier molecular flexibility index (Phi) is 7.76. The minimum absolute atomic E-state index is 0.00542. The number of amides is 2. The zero-order chi connectivity index (χ0) is 21.4. The summed E-state index contributed by atoms with van der Waals surface area (Å²) in [6, 6.07) is 13.4. The molecule has 6 heteroatoms. The van der Waals surface area contributed by atoms with Crippen LogP contribution in [0, 0.1) is 0 Å². The lowest BCUT2D eigenvalue weighted by molar-refractivity contribution is -0.131. The summed E-state index contributed by atoms with van der Waals surface area (Å²) in [7, 11) is 1.76. The molecular weight excluding hydrogens is 366 g/mol. The molecule has 2 atom stereocenters. The molecule has 6 nitrogen and oxygen atoms in total. The van der Waals surface area contributed by atoms with Crippen LogP contribution in [0.4, 0.5) is 4.79 Å². The molecular formula is C23H31N3O3. The van der Waals surface area contributed by atoms with Crippen LogP contribution in [-0.4, -0.2) is 47.1 Å². The summed E-state index contributed by atoms with van der Waals surface area (Å²) in [6.45, 7) is 7.69. The number of nitrogens with one attached hydrogen (secondary N) is 1. The van der Waals surface area contributed by atoms with Gasteiger partial charge < -0.3 is 15.0 Å². The maximum atomic E-state index is 13.3. The number of aromatic nitrogens is 1. The van der Waals surface area contributed by atoms with Gasteiger partial charge in [-0.15, -0.1) is 0 Å². The third-order valence-electron chi connectivity index (χ3n) is 4.38. The Morgan fingerprint density at radius 2 is 1.72 bits per heavy atom. The molecule has 0 fully saturated rings. The molecule has 2 rings (SSSR count). The largest absolute Gasteiger partial charge is 0.444 e. The minimum atomic E-state index is -0.561. The summed E-state index contributed by atoms with van der Waals surface area (Å²) in [4.78, 5) is 31.0. The van der Waals surface area contributed by atoms with Gasteiger partial charge in [0.1, 0.15) is 5.60 Å². The van der Waals surface area contributed by atoms with Gasteiger partial charge in [-0.3, -0.25) is 9.78 Å². The van der Waals surface area contributed by atoms with Crippen LogP contribution in [0.25, 0.3) is 0 Å². The number of carbonyl (C=O) groups excluding carboxylic acids is 2. The van der Waals surface area contributed by atoms with Gasteiger partial charge in [0.05, 0.1) is 5.92 Å². The fraction of sp³-hybridized carbons (Fsp3) is 0.435. The number of alkyl carbamates (subject to hydrolysis) is 1. The molecule has 0 saturated heterocycles. The molecule has 1 aromatic carbocycles. The fourth-order valence-corrected chi connectivity index (χ4v) is 3.11. The first kappa shape index (κ1) is 22.4. The monoisotopic (exact) mass is 397 g/mol. The van der Waals surface area contributed by atoms with E-state index < -0.39 is 11.7 Å². The third-order valence-corrected chi connectivity index (χ3v) is 4.38. The molecule has 29 heavy (non-hydrogen) atoms. The van der Waals surface area contributed by atoms with Crippen molar-refractivity contribution in [2.45, 2.75) is 51.7 Å². The third kappa shape index (κ3) is 7.56. The molecule has 0 spiro atoms. The molecule has 2 unspecified atom stereocenters. The van der Waals surface area contributed by atoms with E-state index in [9.17, 15) is 9.59 Å². The maximum Gasteiger partial charge on any atom is 0.407 e. The number of carbonyl (C=O) groups is 2. The van der Waals surface area contributed by atoms with Crippen LogP contribution in [0.15, 0.2) is 54.9 Å². The highest BCUT2D eigenvalue weighted by molar-refractivity contribution is 5.84. The van der Waals surface area contributed by atoms with Crippen molar-refractivity contribution in [2.24, 2.45) is 0 Å². The fourth-order valence-electron chi connectivity index (χ4n) is 3.11. The average Bonchev–Trinajstić information content (AvgIpc) is 2.65. The van der Waals surface area contributed by atoms with Gasteiger partial charge in [0, 0.05) is 32.0 Å². The van der Waals surface area contributed by atoms with Crippen molar-refractivity contribution in [1.82, 2.24) is 15.2 Å². The van der Waals surface area contributed by atoms with E-state index in [2.05, 4.69) is 10.3 Å². The van der Waals surface area contributed by atoms with Gasteiger partial charge in [-0.05, 0) is 57.4 Å². The average molecular weight is 398 g/mol. The first-order valence-electron chi connectivity index (χ1n) is 9.84. The van der Waals surface area contributed by atoms with Crippen molar-refractivity contribution in [3.05, 3.63) is 66.0 Å². The number of ether oxygens (including phenoxy) is 1. The molecule has 1 aromatic heterocycles. The van der Waals surface area contributed by atoms with Crippen molar-refractivity contribution < 1.29 is 14.3 Å². The number of hydrogen-bond acceptors (Lipinski definition) is 4. The quantitative estimate of drug-likeness (QED) is 0.772. The van der Waals surface area contributed by atoms with Crippen LogP contribution < -0.4 is 5.32 Å². The lowest BCUT2D eigenvalue weighted by Gasteiger charge is -2.28. The molecule has 0 aliphatic rings. The van der Waals surface area contributed by atoms with Gasteiger partial charge in [-0.1, -0.05) is 30.3 Å². The topological polar surface area (TPSA) is 71.5 Å². The number of pyridine rings is 1. The molecule has 0 bridgehead atoms. The second-order valence-corrected chi connectivity index (χ2v) is 8.29. The van der Waals surface area contributed by atoms with Gasteiger partial charge in [-0.2, -0.15) is 0 Å². The Balaban J connectivity index is 2.06. The predicted molar refractivity (Wildman–Crippen MR) is 114 cm³/mol. The summed E-state index contributed by atoms with van der Waals surface area (Å²) >= 11 is 0. The SMILES string of the molecule is CC(CN(C)C(=O)C(Cc1ccncc1)c1ccccc1)NC(=O)OC(C)(C)C. The van der Waals surface area contributed by atoms with Gasteiger partial charge in [0.2, 0.25) is 5.91 Å². The molecule has 2 amide bonds. The van der Waals surface area contributed by atoms with E-state index >= 15 is 0 Å². The molecule has 1 heterocycles. The highest BCUT2D eigenvalue weighted by Crippen LogP contribution is 2.23. The smallest absolute Gasteiger partial charge is 0.407 e. The maximum absolute atomic E-state index is 13.3. The van der Waals surface area contributed by atoms with Crippen LogP contribution in [0.1, 0.15) is 44.7 Å². The molecule has 0 aliphatic heterocycles. The molecule has 0 radical (unpaired) electrons. The number of hydrogen-bond donors (Lipinski definition) is 1. The first-order valence-corrected chi connectivity index (χ1v) is 9.84. The second kappa shape index (κ2) is 10.0. The molecule has 1 N–H and O–H groups in total. The number of rotatable bonds is 7. The van der Waals surface area contributed by atoms with Crippen molar-refractivity contribution in [3.63, 3.8) is 0 Å². The van der Waals surface area contributed by atoms with Crippen LogP contribution in [0.3, 0.4) is 0 Å². The summed E-state index contributed by atoms with van der Waals surface area (Å²) in [5, 5.41) is 2.79. The van der Waals surface area contributed by atoms with Crippen LogP contribution in [0.5, 0.6) is 0 Å². The molecule has 156 valence electrons. The second-order valence-electron chi connectivity index (χ2n) is 8.29. The van der Waals surface area contributed by atoms with Crippen molar-refractivity contribution in [3.8, 4) is 0 Å². The highest BCUT2D eigenvalue weighted by atomic mass is 16.6. The summed E-state index contributed by atoms with van der Waals surface area (Å²) < 4.78 is 5.29.